The van der Waals surface area contributed by atoms with E-state index < -0.39 is 24.6 Å². The van der Waals surface area contributed by atoms with Crippen molar-refractivity contribution in [1.29, 1.82) is 0 Å². The Labute approximate surface area is 180 Å². The van der Waals surface area contributed by atoms with Crippen molar-refractivity contribution in [3.63, 3.8) is 0 Å². The molecule has 1 atom stereocenters. The molecular weight excluding hydrogens is 519 g/mol. The van der Waals surface area contributed by atoms with Crippen molar-refractivity contribution in [2.75, 3.05) is 45.1 Å². The zero-order valence-electron chi connectivity index (χ0n) is 15.4. The first-order valence-corrected chi connectivity index (χ1v) is 8.47. The van der Waals surface area contributed by atoms with Crippen LogP contribution in [0.3, 0.4) is 0 Å². The van der Waals surface area contributed by atoms with E-state index in [0.717, 1.165) is 12.3 Å². The fraction of sp³-hybridized carbons (Fsp3) is 0.667. The third-order valence-electron chi connectivity index (χ3n) is 3.89. The monoisotopic (exact) mass is 541 g/mol. The Morgan fingerprint density at radius 3 is 2.59 bits per heavy atom. The van der Waals surface area contributed by atoms with Gasteiger partial charge < -0.3 is 16.0 Å². The lowest BCUT2D eigenvalue weighted by atomic mass is 10.3. The minimum Gasteiger partial charge on any atom is -0.355 e. The van der Waals surface area contributed by atoms with E-state index in [0.29, 0.717) is 18.9 Å². The maximum atomic E-state index is 12.6. The molecule has 1 unspecified atom stereocenters. The summed E-state index contributed by atoms with van der Waals surface area (Å²) in [6, 6.07) is 0.604. The summed E-state index contributed by atoms with van der Waals surface area (Å²) in [6.45, 7) is 0.141. The van der Waals surface area contributed by atoms with Crippen LogP contribution >= 0.6 is 24.0 Å². The smallest absolute Gasteiger partial charge is 0.355 e. The standard InChI is InChI=1S/C15H21F6N7.HI/c1-22-12(26-10-3-7-28(8-10)9-14(16,17)18)24-5-6-25-13-23-4-2-11(27-13)15(19,20)21;/h2,4,10H,3,5-9H2,1H3,(H2,22,24,26)(H,23,25,27);1H. The number of hydrogen-bond donors (Lipinski definition) is 3. The molecule has 3 N–H and O–H groups in total. The molecule has 166 valence electrons. The summed E-state index contributed by atoms with van der Waals surface area (Å²) in [4.78, 5) is 12.4. The van der Waals surface area contributed by atoms with E-state index in [1.165, 1.54) is 11.9 Å². The molecule has 1 aliphatic rings. The van der Waals surface area contributed by atoms with Crippen molar-refractivity contribution >= 4 is 35.9 Å². The maximum Gasteiger partial charge on any atom is 0.433 e. The van der Waals surface area contributed by atoms with Crippen LogP contribution in [0.5, 0.6) is 0 Å². The van der Waals surface area contributed by atoms with Crippen LogP contribution in [-0.2, 0) is 6.18 Å². The Morgan fingerprint density at radius 2 is 1.97 bits per heavy atom. The van der Waals surface area contributed by atoms with Gasteiger partial charge in [-0.3, -0.25) is 9.89 Å². The molecule has 2 heterocycles. The van der Waals surface area contributed by atoms with E-state index in [4.69, 9.17) is 0 Å². The van der Waals surface area contributed by atoms with Gasteiger partial charge in [0.05, 0.1) is 6.54 Å². The van der Waals surface area contributed by atoms with Crippen molar-refractivity contribution in [1.82, 2.24) is 25.5 Å². The first-order valence-electron chi connectivity index (χ1n) is 8.47. The Balaban J connectivity index is 0.00000420. The van der Waals surface area contributed by atoms with Gasteiger partial charge in [0.2, 0.25) is 5.95 Å². The van der Waals surface area contributed by atoms with Gasteiger partial charge in [-0.1, -0.05) is 0 Å². The Hall–Kier alpha value is -1.58. The van der Waals surface area contributed by atoms with Crippen molar-refractivity contribution in [2.45, 2.75) is 24.8 Å². The quantitative estimate of drug-likeness (QED) is 0.169. The van der Waals surface area contributed by atoms with Crippen molar-refractivity contribution in [3.8, 4) is 0 Å². The summed E-state index contributed by atoms with van der Waals surface area (Å²) < 4.78 is 75.1. The van der Waals surface area contributed by atoms with E-state index in [9.17, 15) is 26.3 Å². The van der Waals surface area contributed by atoms with Gasteiger partial charge >= 0.3 is 12.4 Å². The minimum absolute atomic E-state index is 0. The highest BCUT2D eigenvalue weighted by Gasteiger charge is 2.34. The minimum atomic E-state index is -4.55. The third kappa shape index (κ3) is 9.18. The molecule has 1 saturated heterocycles. The number of aromatic nitrogens is 2. The van der Waals surface area contributed by atoms with Crippen LogP contribution in [0, 0.1) is 0 Å². The summed E-state index contributed by atoms with van der Waals surface area (Å²) >= 11 is 0. The van der Waals surface area contributed by atoms with Gasteiger partial charge in [-0.15, -0.1) is 24.0 Å². The van der Waals surface area contributed by atoms with E-state index in [2.05, 4.69) is 30.9 Å². The third-order valence-corrected chi connectivity index (χ3v) is 3.89. The zero-order chi connectivity index (χ0) is 20.8. The van der Waals surface area contributed by atoms with Gasteiger partial charge in [-0.2, -0.15) is 26.3 Å². The van der Waals surface area contributed by atoms with Gasteiger partial charge in [-0.25, -0.2) is 9.97 Å². The lowest BCUT2D eigenvalue weighted by Gasteiger charge is -2.19. The molecule has 14 heteroatoms. The molecule has 0 amide bonds. The molecule has 1 aromatic rings. The van der Waals surface area contributed by atoms with Crippen LogP contribution in [0.25, 0.3) is 0 Å². The molecule has 0 aliphatic carbocycles. The summed E-state index contributed by atoms with van der Waals surface area (Å²) in [5, 5.41) is 8.63. The van der Waals surface area contributed by atoms with Crippen molar-refractivity contribution in [2.24, 2.45) is 4.99 Å². The second-order valence-electron chi connectivity index (χ2n) is 6.17. The molecule has 1 aromatic heterocycles. The number of aliphatic imine (C=N–C) groups is 1. The number of hydrogen-bond acceptors (Lipinski definition) is 5. The number of guanidine groups is 1. The second kappa shape index (κ2) is 11.0. The molecule has 0 bridgehead atoms. The molecule has 0 radical (unpaired) electrons. The van der Waals surface area contributed by atoms with Gasteiger partial charge in [0, 0.05) is 45.5 Å². The number of anilines is 1. The highest BCUT2D eigenvalue weighted by molar-refractivity contribution is 14.0. The van der Waals surface area contributed by atoms with E-state index in [1.54, 1.807) is 0 Å². The first-order chi connectivity index (χ1) is 13.1. The molecule has 0 saturated carbocycles. The Bertz CT molecular complexity index is 667. The fourth-order valence-corrected chi connectivity index (χ4v) is 2.69. The molecule has 7 nitrogen and oxygen atoms in total. The van der Waals surface area contributed by atoms with Crippen LogP contribution in [0.15, 0.2) is 17.3 Å². The number of nitrogens with zero attached hydrogens (tertiary/aromatic N) is 4. The lowest BCUT2D eigenvalue weighted by molar-refractivity contribution is -0.143. The normalized spacial score (nSPS) is 18.3. The Kier molecular flexibility index (Phi) is 9.64. The van der Waals surface area contributed by atoms with Crippen LogP contribution in [0.1, 0.15) is 12.1 Å². The van der Waals surface area contributed by atoms with Gasteiger partial charge in [0.15, 0.2) is 5.96 Å². The SMILES string of the molecule is CN=C(NCCNc1nccc(C(F)(F)F)n1)NC1CCN(CC(F)(F)F)C1.I. The number of rotatable bonds is 6. The lowest BCUT2D eigenvalue weighted by Crippen LogP contribution is -2.46. The highest BCUT2D eigenvalue weighted by atomic mass is 127. The summed E-state index contributed by atoms with van der Waals surface area (Å²) in [5.41, 5.74) is -1.04. The fourth-order valence-electron chi connectivity index (χ4n) is 2.69. The predicted molar refractivity (Wildman–Crippen MR) is 106 cm³/mol. The van der Waals surface area contributed by atoms with E-state index >= 15 is 0 Å². The van der Waals surface area contributed by atoms with Gasteiger partial charge in [0.25, 0.3) is 0 Å². The topological polar surface area (TPSA) is 77.5 Å². The van der Waals surface area contributed by atoms with Crippen LogP contribution < -0.4 is 16.0 Å². The number of alkyl halides is 6. The Morgan fingerprint density at radius 1 is 1.24 bits per heavy atom. The van der Waals surface area contributed by atoms with Crippen LogP contribution in [0.4, 0.5) is 32.3 Å². The second-order valence-corrected chi connectivity index (χ2v) is 6.17. The summed E-state index contributed by atoms with van der Waals surface area (Å²) in [7, 11) is 1.51. The molecule has 1 fully saturated rings. The van der Waals surface area contributed by atoms with Crippen molar-refractivity contribution < 1.29 is 26.3 Å². The summed E-state index contributed by atoms with van der Waals surface area (Å²) in [6.07, 6.45) is -7.22. The zero-order valence-corrected chi connectivity index (χ0v) is 17.8. The number of likely N-dealkylation sites (tertiary alicyclic amines) is 1. The van der Waals surface area contributed by atoms with Crippen LogP contribution in [0.2, 0.25) is 0 Å². The molecule has 0 aromatic carbocycles. The van der Waals surface area contributed by atoms with Gasteiger partial charge in [-0.05, 0) is 12.5 Å². The van der Waals surface area contributed by atoms with Crippen LogP contribution in [-0.4, -0.2) is 72.8 Å². The summed E-state index contributed by atoms with van der Waals surface area (Å²) in [5.74, 6) is 0.240. The molecule has 2 rings (SSSR count). The van der Waals surface area contributed by atoms with Crippen molar-refractivity contribution in [3.05, 3.63) is 18.0 Å². The predicted octanol–water partition coefficient (Wildman–Crippen LogP) is 2.33. The molecule has 29 heavy (non-hydrogen) atoms. The number of halogens is 7. The molecular formula is C15H22F6IN7. The average molecular weight is 541 g/mol. The molecule has 1 aliphatic heterocycles. The largest absolute Gasteiger partial charge is 0.433 e. The average Bonchev–Trinajstić information content (AvgIpc) is 3.02. The first kappa shape index (κ1) is 25.5. The van der Waals surface area contributed by atoms with E-state index in [-0.39, 0.29) is 55.6 Å². The van der Waals surface area contributed by atoms with Gasteiger partial charge in [0.1, 0.15) is 5.69 Å². The number of nitrogens with one attached hydrogen (secondary N) is 3. The maximum absolute atomic E-state index is 12.6. The van der Waals surface area contributed by atoms with E-state index in [1.807, 2.05) is 0 Å². The molecule has 0 spiro atoms. The highest BCUT2D eigenvalue weighted by Crippen LogP contribution is 2.27.